The molecule has 0 radical (unpaired) electrons. The molecular weight excluding hydrogens is 472 g/mol. The quantitative estimate of drug-likeness (QED) is 0.604. The van der Waals surface area contributed by atoms with Gasteiger partial charge in [0.25, 0.3) is 0 Å². The number of likely N-dealkylation sites (N-methyl/N-ethyl adjacent to an activating group) is 1. The molecule has 3 atom stereocenters. The van der Waals surface area contributed by atoms with E-state index in [1.165, 1.54) is 16.7 Å². The zero-order valence-corrected chi connectivity index (χ0v) is 22.4. The van der Waals surface area contributed by atoms with E-state index in [2.05, 4.69) is 27.8 Å². The summed E-state index contributed by atoms with van der Waals surface area (Å²) in [6.45, 7) is 7.96. The van der Waals surface area contributed by atoms with Crippen LogP contribution < -0.4 is 16.0 Å². The van der Waals surface area contributed by atoms with Crippen molar-refractivity contribution in [3.63, 3.8) is 0 Å². The number of thioether (sulfide) groups is 1. The van der Waals surface area contributed by atoms with Crippen LogP contribution in [-0.4, -0.2) is 73.8 Å². The lowest BCUT2D eigenvalue weighted by Crippen LogP contribution is -2.54. The van der Waals surface area contributed by atoms with Gasteiger partial charge < -0.3 is 20.9 Å². The number of para-hydroxylation sites is 1. The second kappa shape index (κ2) is 12.8. The summed E-state index contributed by atoms with van der Waals surface area (Å²) in [5.74, 6) is 0.547. The number of nitrogens with two attached hydrogens (primary N) is 1. The number of imide groups is 1. The molecule has 0 bridgehead atoms. The molecule has 8 nitrogen and oxygen atoms in total. The lowest BCUT2D eigenvalue weighted by atomic mass is 9.77. The van der Waals surface area contributed by atoms with Crippen LogP contribution >= 0.6 is 11.8 Å². The van der Waals surface area contributed by atoms with E-state index in [1.54, 1.807) is 0 Å². The van der Waals surface area contributed by atoms with Crippen molar-refractivity contribution in [2.45, 2.75) is 32.2 Å². The normalized spacial score (nSPS) is 24.9. The standard InChI is InChI=1S/C27H38N6O2S/c1-5-33(27(35)30-12-13-31(3)22-9-7-6-8-10-22)26(34)21-16-20-15-19(2)23(17-28)25(29)36-14-11-24(20)32(4)18-21/h6-10,20-21,24H,2,5,11-16,18,29H2,1,3-4H3,(H,30,35)/b25-23-/t20-,21+,24+/m0/s1. The predicted octanol–water partition coefficient (Wildman–Crippen LogP) is 3.39. The molecule has 0 spiro atoms. The first-order valence-corrected chi connectivity index (χ1v) is 13.5. The van der Waals surface area contributed by atoms with E-state index in [0.29, 0.717) is 49.6 Å². The van der Waals surface area contributed by atoms with Gasteiger partial charge in [-0.05, 0) is 56.9 Å². The fraction of sp³-hybridized carbons (Fsp3) is 0.519. The number of piperidine rings is 1. The van der Waals surface area contributed by atoms with Crippen molar-refractivity contribution in [3.8, 4) is 6.07 Å². The van der Waals surface area contributed by atoms with E-state index in [-0.39, 0.29) is 29.8 Å². The SMILES string of the molecule is C=C1C[C@H]2C[C@@H](C(=O)N(CC)C(=O)NCCN(C)c3ccccc3)CN(C)[C@@H]2CCS/C(N)=C\1C#N. The van der Waals surface area contributed by atoms with Crippen LogP contribution in [0.1, 0.15) is 26.2 Å². The van der Waals surface area contributed by atoms with Crippen LogP contribution in [0.25, 0.3) is 0 Å². The molecular formula is C27H38N6O2S. The van der Waals surface area contributed by atoms with Crippen molar-refractivity contribution in [1.29, 1.82) is 5.26 Å². The lowest BCUT2D eigenvalue weighted by Gasteiger charge is -2.43. The first kappa shape index (κ1) is 27.6. The fourth-order valence-corrected chi connectivity index (χ4v) is 6.15. The molecule has 2 aliphatic heterocycles. The molecule has 0 saturated carbocycles. The van der Waals surface area contributed by atoms with Crippen LogP contribution in [0.4, 0.5) is 10.5 Å². The van der Waals surface area contributed by atoms with Crippen LogP contribution in [0, 0.1) is 23.2 Å². The summed E-state index contributed by atoms with van der Waals surface area (Å²) < 4.78 is 0. The monoisotopic (exact) mass is 510 g/mol. The molecule has 1 aromatic rings. The molecule has 3 amide bonds. The Balaban J connectivity index is 1.63. The number of allylic oxidation sites excluding steroid dienone is 2. The van der Waals surface area contributed by atoms with E-state index in [1.807, 2.05) is 51.4 Å². The van der Waals surface area contributed by atoms with Crippen molar-refractivity contribution in [1.82, 2.24) is 15.1 Å². The number of amides is 3. The third-order valence-corrected chi connectivity index (χ3v) is 8.15. The van der Waals surface area contributed by atoms with Gasteiger partial charge in [0.2, 0.25) is 5.91 Å². The van der Waals surface area contributed by atoms with E-state index in [4.69, 9.17) is 5.73 Å². The molecule has 2 aliphatic rings. The van der Waals surface area contributed by atoms with E-state index < -0.39 is 0 Å². The largest absolute Gasteiger partial charge is 0.392 e. The second-order valence-electron chi connectivity index (χ2n) is 9.57. The van der Waals surface area contributed by atoms with Gasteiger partial charge in [-0.25, -0.2) is 4.79 Å². The third kappa shape index (κ3) is 6.62. The molecule has 1 saturated heterocycles. The Hall–Kier alpha value is -2.96. The number of likely N-dealkylation sites (tertiary alicyclic amines) is 1. The number of rotatable bonds is 6. The second-order valence-corrected chi connectivity index (χ2v) is 10.7. The van der Waals surface area contributed by atoms with Crippen LogP contribution in [0.3, 0.4) is 0 Å². The first-order valence-electron chi connectivity index (χ1n) is 12.5. The topological polar surface area (TPSA) is 106 Å². The highest BCUT2D eigenvalue weighted by Crippen LogP contribution is 2.38. The van der Waals surface area contributed by atoms with Gasteiger partial charge in [-0.15, -0.1) is 11.8 Å². The number of nitriles is 1. The Kier molecular flexibility index (Phi) is 9.85. The van der Waals surface area contributed by atoms with Gasteiger partial charge in [0, 0.05) is 50.7 Å². The van der Waals surface area contributed by atoms with E-state index >= 15 is 0 Å². The maximum absolute atomic E-state index is 13.5. The molecule has 36 heavy (non-hydrogen) atoms. The summed E-state index contributed by atoms with van der Waals surface area (Å²) in [5.41, 5.74) is 8.40. The van der Waals surface area contributed by atoms with Gasteiger partial charge in [-0.2, -0.15) is 5.26 Å². The molecule has 3 N–H and O–H groups in total. The number of urea groups is 1. The Bertz CT molecular complexity index is 1020. The molecule has 1 aromatic carbocycles. The molecule has 3 rings (SSSR count). The van der Waals surface area contributed by atoms with Gasteiger partial charge in [-0.3, -0.25) is 9.69 Å². The van der Waals surface area contributed by atoms with E-state index in [9.17, 15) is 14.9 Å². The van der Waals surface area contributed by atoms with Gasteiger partial charge in [0.15, 0.2) is 0 Å². The van der Waals surface area contributed by atoms with Gasteiger partial charge in [-0.1, -0.05) is 24.8 Å². The number of fused-ring (bicyclic) bond motifs is 1. The zero-order valence-electron chi connectivity index (χ0n) is 21.6. The van der Waals surface area contributed by atoms with Gasteiger partial charge in [0.1, 0.15) is 6.07 Å². The number of hydrogen-bond acceptors (Lipinski definition) is 7. The number of benzene rings is 1. The Labute approximate surface area is 219 Å². The van der Waals surface area contributed by atoms with Crippen LogP contribution in [0.5, 0.6) is 0 Å². The van der Waals surface area contributed by atoms with Crippen LogP contribution in [0.2, 0.25) is 0 Å². The number of carbonyl (C=O) groups excluding carboxylic acids is 2. The maximum atomic E-state index is 13.5. The highest BCUT2D eigenvalue weighted by molar-refractivity contribution is 8.03. The average molecular weight is 511 g/mol. The molecule has 0 unspecified atom stereocenters. The van der Waals surface area contributed by atoms with Crippen molar-refractivity contribution in [2.24, 2.45) is 17.6 Å². The van der Waals surface area contributed by atoms with Crippen LogP contribution in [-0.2, 0) is 4.79 Å². The molecule has 1 fully saturated rings. The smallest absolute Gasteiger partial charge is 0.324 e. The summed E-state index contributed by atoms with van der Waals surface area (Å²) >= 11 is 1.50. The summed E-state index contributed by atoms with van der Waals surface area (Å²) in [6.07, 6.45) is 2.20. The Morgan fingerprint density at radius 1 is 1.33 bits per heavy atom. The number of hydrogen-bond donors (Lipinski definition) is 2. The Morgan fingerprint density at radius 3 is 2.72 bits per heavy atom. The minimum absolute atomic E-state index is 0.146. The lowest BCUT2D eigenvalue weighted by molar-refractivity contribution is -0.135. The molecule has 194 valence electrons. The van der Waals surface area contributed by atoms with Gasteiger partial charge >= 0.3 is 6.03 Å². The van der Waals surface area contributed by atoms with Crippen molar-refractivity contribution in [2.75, 3.05) is 50.9 Å². The summed E-state index contributed by atoms with van der Waals surface area (Å²) in [7, 11) is 4.02. The van der Waals surface area contributed by atoms with Gasteiger partial charge in [0.05, 0.1) is 16.5 Å². The Morgan fingerprint density at radius 2 is 2.06 bits per heavy atom. The van der Waals surface area contributed by atoms with Crippen molar-refractivity contribution in [3.05, 3.63) is 53.1 Å². The summed E-state index contributed by atoms with van der Waals surface area (Å²) in [5, 5.41) is 13.0. The molecule has 2 heterocycles. The van der Waals surface area contributed by atoms with E-state index in [0.717, 1.165) is 23.4 Å². The third-order valence-electron chi connectivity index (χ3n) is 7.19. The summed E-state index contributed by atoms with van der Waals surface area (Å²) in [6, 6.07) is 12.1. The number of anilines is 1. The number of carbonyl (C=O) groups is 2. The highest BCUT2D eigenvalue weighted by atomic mass is 32.2. The predicted molar refractivity (Wildman–Crippen MR) is 146 cm³/mol. The minimum atomic E-state index is -0.355. The fourth-order valence-electron chi connectivity index (χ4n) is 5.24. The minimum Gasteiger partial charge on any atom is -0.392 e. The molecule has 9 heteroatoms. The van der Waals surface area contributed by atoms with Crippen molar-refractivity contribution >= 4 is 29.4 Å². The number of nitrogens with one attached hydrogen (secondary N) is 1. The summed E-state index contributed by atoms with van der Waals surface area (Å²) in [4.78, 5) is 32.1. The molecule has 0 aliphatic carbocycles. The zero-order chi connectivity index (χ0) is 26.2. The van der Waals surface area contributed by atoms with Crippen LogP contribution in [0.15, 0.2) is 53.1 Å². The molecule has 0 aromatic heterocycles. The average Bonchev–Trinajstić information content (AvgIpc) is 2.92. The highest BCUT2D eigenvalue weighted by Gasteiger charge is 2.40. The number of nitrogens with zero attached hydrogens (tertiary/aromatic N) is 4. The first-order chi connectivity index (χ1) is 17.3. The van der Waals surface area contributed by atoms with Crippen molar-refractivity contribution < 1.29 is 9.59 Å². The maximum Gasteiger partial charge on any atom is 0.324 e.